The van der Waals surface area contributed by atoms with Crippen molar-refractivity contribution < 1.29 is 9.59 Å². The summed E-state index contributed by atoms with van der Waals surface area (Å²) < 4.78 is 1.64. The molecule has 0 unspecified atom stereocenters. The number of nitrogens with one attached hydrogen (secondary N) is 2. The molecule has 4 heterocycles. The van der Waals surface area contributed by atoms with E-state index >= 15 is 0 Å². The molecule has 3 aromatic heterocycles. The summed E-state index contributed by atoms with van der Waals surface area (Å²) in [4.78, 5) is 36.1. The number of amides is 2. The maximum Gasteiger partial charge on any atom is 0.253 e. The average Bonchev–Trinajstić information content (AvgIpc) is 3.62. The third-order valence-corrected chi connectivity index (χ3v) is 6.92. The van der Waals surface area contributed by atoms with Gasteiger partial charge < -0.3 is 15.5 Å². The fourth-order valence-electron chi connectivity index (χ4n) is 4.34. The second kappa shape index (κ2) is 9.30. The average molecular weight is 500 g/mol. The van der Waals surface area contributed by atoms with Crippen LogP contribution in [0.25, 0.3) is 16.7 Å². The highest BCUT2D eigenvalue weighted by atomic mass is 32.1. The van der Waals surface area contributed by atoms with Gasteiger partial charge in [0, 0.05) is 41.8 Å². The normalized spacial score (nSPS) is 14.3. The number of likely N-dealkylation sites (tertiary alicyclic amines) is 1. The molecule has 2 N–H and O–H groups in total. The van der Waals surface area contributed by atoms with Gasteiger partial charge in [0.15, 0.2) is 10.9 Å². The van der Waals surface area contributed by atoms with Gasteiger partial charge in [0.25, 0.3) is 5.91 Å². The fourth-order valence-corrected chi connectivity index (χ4v) is 4.87. The summed E-state index contributed by atoms with van der Waals surface area (Å²) in [6.45, 7) is 1.07. The van der Waals surface area contributed by atoms with E-state index in [1.807, 2.05) is 41.8 Å². The van der Waals surface area contributed by atoms with Gasteiger partial charge in [-0.15, -0.1) is 16.4 Å². The number of thiazole rings is 1. The lowest BCUT2D eigenvalue weighted by Crippen LogP contribution is -2.41. The van der Waals surface area contributed by atoms with Crippen LogP contribution in [0.5, 0.6) is 0 Å². The Labute approximate surface area is 209 Å². The molecular formula is C24H21N9O2S. The predicted octanol–water partition coefficient (Wildman–Crippen LogP) is 3.36. The van der Waals surface area contributed by atoms with Gasteiger partial charge in [-0.1, -0.05) is 12.1 Å². The zero-order valence-corrected chi connectivity index (χ0v) is 19.9. The first-order valence-corrected chi connectivity index (χ1v) is 12.4. The second-order valence-corrected chi connectivity index (χ2v) is 9.35. The molecule has 1 saturated heterocycles. The molecular weight excluding hydrogens is 478 g/mol. The maximum atomic E-state index is 13.0. The number of nitrogens with zero attached hydrogens (tertiary/aromatic N) is 7. The molecule has 2 aromatic carbocycles. The molecule has 0 atom stereocenters. The van der Waals surface area contributed by atoms with Crippen molar-refractivity contribution in [3.8, 4) is 0 Å². The van der Waals surface area contributed by atoms with Crippen molar-refractivity contribution in [2.24, 2.45) is 5.92 Å². The molecule has 12 heteroatoms. The molecule has 1 aliphatic heterocycles. The fraction of sp³-hybridized carbons (Fsp3) is 0.208. The number of hydrogen-bond acceptors (Lipinski definition) is 9. The monoisotopic (exact) mass is 499 g/mol. The maximum absolute atomic E-state index is 13.0. The van der Waals surface area contributed by atoms with E-state index in [1.54, 1.807) is 27.7 Å². The summed E-state index contributed by atoms with van der Waals surface area (Å²) in [6, 6.07) is 14.9. The van der Waals surface area contributed by atoms with Gasteiger partial charge in [0.2, 0.25) is 11.6 Å². The van der Waals surface area contributed by atoms with E-state index in [0.29, 0.717) is 48.1 Å². The highest BCUT2D eigenvalue weighted by molar-refractivity contribution is 7.13. The first-order valence-electron chi connectivity index (χ1n) is 11.5. The van der Waals surface area contributed by atoms with E-state index in [1.165, 1.54) is 11.3 Å². The van der Waals surface area contributed by atoms with Gasteiger partial charge in [0.1, 0.15) is 0 Å². The third-order valence-electron chi connectivity index (χ3n) is 6.23. The molecule has 0 spiro atoms. The standard InChI is InChI=1S/C24H21N9O2S/c34-22(28-24-25-11-14-36-24)15-9-12-32(13-10-15)23(35)16-5-7-17(8-6-16)26-20-21-29-30-31-33(21)19-4-2-1-3-18(19)27-20/h1-8,11,14-15H,9-10,12-13H2,(H,26,27)(H,25,28,34). The number of anilines is 3. The summed E-state index contributed by atoms with van der Waals surface area (Å²) in [5.74, 6) is 0.318. The molecule has 180 valence electrons. The summed E-state index contributed by atoms with van der Waals surface area (Å²) in [5.41, 5.74) is 3.43. The quantitative estimate of drug-likeness (QED) is 0.376. The number of carbonyl (C=O) groups is 2. The summed E-state index contributed by atoms with van der Waals surface area (Å²) in [6.07, 6.45) is 2.91. The van der Waals surface area contributed by atoms with Crippen LogP contribution in [0, 0.1) is 5.92 Å². The van der Waals surface area contributed by atoms with E-state index in [0.717, 1.165) is 16.7 Å². The highest BCUT2D eigenvalue weighted by Crippen LogP contribution is 2.25. The van der Waals surface area contributed by atoms with Crippen molar-refractivity contribution in [2.75, 3.05) is 23.7 Å². The van der Waals surface area contributed by atoms with Gasteiger partial charge in [-0.2, -0.15) is 4.52 Å². The Morgan fingerprint density at radius 1 is 1.03 bits per heavy atom. The number of rotatable bonds is 5. The lowest BCUT2D eigenvalue weighted by molar-refractivity contribution is -0.121. The van der Waals surface area contributed by atoms with Crippen LogP contribution in [0.2, 0.25) is 0 Å². The van der Waals surface area contributed by atoms with Gasteiger partial charge in [0.05, 0.1) is 11.0 Å². The highest BCUT2D eigenvalue weighted by Gasteiger charge is 2.28. The Morgan fingerprint density at radius 3 is 2.61 bits per heavy atom. The van der Waals surface area contributed by atoms with E-state index in [9.17, 15) is 9.59 Å². The van der Waals surface area contributed by atoms with Crippen LogP contribution in [0.1, 0.15) is 23.2 Å². The van der Waals surface area contributed by atoms with Crippen molar-refractivity contribution in [1.82, 2.24) is 34.9 Å². The summed E-state index contributed by atoms with van der Waals surface area (Å²) in [5, 5.41) is 20.5. The SMILES string of the molecule is O=C(Nc1nccs1)C1CCN(C(=O)c2ccc(Nc3nc4ccccc4n4nnnc34)cc2)CC1. The topological polar surface area (TPSA) is 130 Å². The van der Waals surface area contributed by atoms with Crippen LogP contribution < -0.4 is 10.6 Å². The van der Waals surface area contributed by atoms with Crippen molar-refractivity contribution in [1.29, 1.82) is 0 Å². The molecule has 11 nitrogen and oxygen atoms in total. The molecule has 0 bridgehead atoms. The molecule has 1 aliphatic rings. The van der Waals surface area contributed by atoms with Gasteiger partial charge in [-0.25, -0.2) is 9.97 Å². The van der Waals surface area contributed by atoms with Crippen molar-refractivity contribution in [2.45, 2.75) is 12.8 Å². The Morgan fingerprint density at radius 2 is 1.83 bits per heavy atom. The number of carbonyl (C=O) groups excluding carboxylic acids is 2. The smallest absolute Gasteiger partial charge is 0.253 e. The van der Waals surface area contributed by atoms with Crippen molar-refractivity contribution >= 4 is 56.5 Å². The molecule has 0 saturated carbocycles. The van der Waals surface area contributed by atoms with Crippen molar-refractivity contribution in [3.63, 3.8) is 0 Å². The summed E-state index contributed by atoms with van der Waals surface area (Å²) >= 11 is 1.39. The number of piperidine rings is 1. The van der Waals surface area contributed by atoms with E-state index in [4.69, 9.17) is 0 Å². The van der Waals surface area contributed by atoms with Gasteiger partial charge >= 0.3 is 0 Å². The number of hydrogen-bond donors (Lipinski definition) is 2. The van der Waals surface area contributed by atoms with Gasteiger partial charge in [-0.05, 0) is 59.7 Å². The molecule has 36 heavy (non-hydrogen) atoms. The van der Waals surface area contributed by atoms with E-state index in [-0.39, 0.29) is 17.7 Å². The minimum atomic E-state index is -0.123. The number of para-hydroxylation sites is 2. The number of aromatic nitrogens is 6. The minimum Gasteiger partial charge on any atom is -0.339 e. The third kappa shape index (κ3) is 4.22. The number of fused-ring (bicyclic) bond motifs is 3. The first kappa shape index (κ1) is 22.0. The zero-order valence-electron chi connectivity index (χ0n) is 19.0. The van der Waals surface area contributed by atoms with Gasteiger partial charge in [-0.3, -0.25) is 9.59 Å². The Bertz CT molecular complexity index is 1540. The Kier molecular flexibility index (Phi) is 5.70. The largest absolute Gasteiger partial charge is 0.339 e. The van der Waals surface area contributed by atoms with E-state index < -0.39 is 0 Å². The first-order chi connectivity index (χ1) is 17.7. The number of benzene rings is 2. The minimum absolute atomic E-state index is 0.0354. The molecule has 2 amide bonds. The van der Waals surface area contributed by atoms with Crippen LogP contribution in [-0.2, 0) is 4.79 Å². The van der Waals surface area contributed by atoms with Crippen LogP contribution in [0.15, 0.2) is 60.1 Å². The zero-order chi connectivity index (χ0) is 24.5. The lowest BCUT2D eigenvalue weighted by Gasteiger charge is -2.31. The molecule has 1 fully saturated rings. The second-order valence-electron chi connectivity index (χ2n) is 8.46. The van der Waals surface area contributed by atoms with E-state index in [2.05, 4.69) is 36.1 Å². The van der Waals surface area contributed by atoms with Crippen LogP contribution >= 0.6 is 11.3 Å². The van der Waals surface area contributed by atoms with Crippen LogP contribution in [0.3, 0.4) is 0 Å². The molecule has 0 aliphatic carbocycles. The molecule has 6 rings (SSSR count). The predicted molar refractivity (Wildman–Crippen MR) is 135 cm³/mol. The van der Waals surface area contributed by atoms with Crippen molar-refractivity contribution in [3.05, 3.63) is 65.7 Å². The number of tetrazole rings is 1. The lowest BCUT2D eigenvalue weighted by atomic mass is 9.95. The van der Waals surface area contributed by atoms with Crippen LogP contribution in [-0.4, -0.2) is 59.8 Å². The van der Waals surface area contributed by atoms with Crippen LogP contribution in [0.4, 0.5) is 16.6 Å². The molecule has 5 aromatic rings. The Hall–Kier alpha value is -4.45. The summed E-state index contributed by atoms with van der Waals surface area (Å²) in [7, 11) is 0. The Balaban J connectivity index is 1.11. The molecule has 0 radical (unpaired) electrons.